The molecule has 0 fully saturated rings. The van der Waals surface area contributed by atoms with Gasteiger partial charge in [-0.15, -0.1) is 0 Å². The number of aromatic nitrogens is 2. The Hall–Kier alpha value is -2.82. The van der Waals surface area contributed by atoms with Crippen LogP contribution in [0.15, 0.2) is 48.8 Å². The Morgan fingerprint density at radius 1 is 1.29 bits per heavy atom. The monoisotopic (exact) mass is 321 g/mol. The van der Waals surface area contributed by atoms with E-state index in [1.54, 1.807) is 4.90 Å². The van der Waals surface area contributed by atoms with E-state index in [-0.39, 0.29) is 5.91 Å². The molecule has 4 rings (SSSR count). The van der Waals surface area contributed by atoms with Crippen molar-refractivity contribution in [3.05, 3.63) is 59.9 Å². The van der Waals surface area contributed by atoms with Crippen molar-refractivity contribution in [2.45, 2.75) is 13.0 Å². The molecule has 0 bridgehead atoms. The SMILES string of the molecule is CN(CCn1cnc2ccccc21)C(=O)c1ccc2c(c1)CCO2. The lowest BCUT2D eigenvalue weighted by atomic mass is 10.1. The molecule has 2 heterocycles. The molecule has 5 nitrogen and oxygen atoms in total. The van der Waals surface area contributed by atoms with Gasteiger partial charge >= 0.3 is 0 Å². The van der Waals surface area contributed by atoms with Gasteiger partial charge in [0.25, 0.3) is 5.91 Å². The second kappa shape index (κ2) is 6.00. The van der Waals surface area contributed by atoms with Gasteiger partial charge in [-0.25, -0.2) is 4.98 Å². The minimum absolute atomic E-state index is 0.0362. The van der Waals surface area contributed by atoms with Crippen molar-refractivity contribution >= 4 is 16.9 Å². The van der Waals surface area contributed by atoms with Crippen LogP contribution in [0.5, 0.6) is 5.75 Å². The predicted octanol–water partition coefficient (Wildman–Crippen LogP) is 2.74. The summed E-state index contributed by atoms with van der Waals surface area (Å²) in [4.78, 5) is 18.8. The summed E-state index contributed by atoms with van der Waals surface area (Å²) in [6.45, 7) is 2.06. The second-order valence-corrected chi connectivity index (χ2v) is 6.07. The highest BCUT2D eigenvalue weighted by Crippen LogP contribution is 2.26. The minimum atomic E-state index is 0.0362. The number of imidazole rings is 1. The quantitative estimate of drug-likeness (QED) is 0.742. The first-order valence-corrected chi connectivity index (χ1v) is 8.13. The van der Waals surface area contributed by atoms with Crippen molar-refractivity contribution < 1.29 is 9.53 Å². The van der Waals surface area contributed by atoms with Crippen LogP contribution in [-0.4, -0.2) is 40.6 Å². The number of hydrogen-bond donors (Lipinski definition) is 0. The van der Waals surface area contributed by atoms with E-state index in [9.17, 15) is 4.79 Å². The summed E-state index contributed by atoms with van der Waals surface area (Å²) < 4.78 is 7.57. The van der Waals surface area contributed by atoms with E-state index in [4.69, 9.17) is 4.74 Å². The van der Waals surface area contributed by atoms with Crippen LogP contribution in [-0.2, 0) is 13.0 Å². The maximum atomic E-state index is 12.6. The van der Waals surface area contributed by atoms with E-state index in [2.05, 4.69) is 9.55 Å². The molecule has 0 N–H and O–H groups in total. The molecule has 2 aromatic carbocycles. The maximum Gasteiger partial charge on any atom is 0.253 e. The summed E-state index contributed by atoms with van der Waals surface area (Å²) in [6.07, 6.45) is 2.71. The molecule has 0 saturated carbocycles. The fourth-order valence-corrected chi connectivity index (χ4v) is 3.09. The summed E-state index contributed by atoms with van der Waals surface area (Å²) in [5.41, 5.74) is 3.91. The average Bonchev–Trinajstić information content (AvgIpc) is 3.25. The number of likely N-dealkylation sites (N-methyl/N-ethyl adjacent to an activating group) is 1. The number of fused-ring (bicyclic) bond motifs is 2. The van der Waals surface area contributed by atoms with Crippen LogP contribution in [0.3, 0.4) is 0 Å². The van der Waals surface area contributed by atoms with E-state index in [1.165, 1.54) is 0 Å². The molecule has 0 atom stereocenters. The third-order valence-electron chi connectivity index (χ3n) is 4.49. The molecule has 1 amide bonds. The van der Waals surface area contributed by atoms with Gasteiger partial charge in [0.2, 0.25) is 0 Å². The van der Waals surface area contributed by atoms with Crippen molar-refractivity contribution in [2.24, 2.45) is 0 Å². The molecule has 5 heteroatoms. The lowest BCUT2D eigenvalue weighted by Crippen LogP contribution is -2.30. The highest BCUT2D eigenvalue weighted by molar-refractivity contribution is 5.94. The zero-order valence-corrected chi connectivity index (χ0v) is 13.6. The van der Waals surface area contributed by atoms with Gasteiger partial charge in [-0.1, -0.05) is 12.1 Å². The fourth-order valence-electron chi connectivity index (χ4n) is 3.09. The Bertz CT molecular complexity index is 901. The number of ether oxygens (including phenoxy) is 1. The molecule has 0 aliphatic carbocycles. The van der Waals surface area contributed by atoms with Gasteiger partial charge in [-0.2, -0.15) is 0 Å². The molecule has 0 saturated heterocycles. The van der Waals surface area contributed by atoms with Crippen molar-refractivity contribution in [1.82, 2.24) is 14.5 Å². The summed E-state index contributed by atoms with van der Waals surface area (Å²) >= 11 is 0. The molecule has 1 aliphatic heterocycles. The standard InChI is InChI=1S/C19H19N3O2/c1-21(9-10-22-13-20-16-4-2-3-5-17(16)22)19(23)15-6-7-18-14(12-15)8-11-24-18/h2-7,12-13H,8-11H2,1H3. The van der Waals surface area contributed by atoms with Crippen molar-refractivity contribution in [3.8, 4) is 5.75 Å². The Morgan fingerprint density at radius 2 is 2.17 bits per heavy atom. The molecule has 1 aromatic heterocycles. The van der Waals surface area contributed by atoms with E-state index >= 15 is 0 Å². The number of nitrogens with zero attached hydrogens (tertiary/aromatic N) is 3. The number of carbonyl (C=O) groups excluding carboxylic acids is 1. The third-order valence-corrected chi connectivity index (χ3v) is 4.49. The minimum Gasteiger partial charge on any atom is -0.493 e. The van der Waals surface area contributed by atoms with Crippen LogP contribution in [0, 0.1) is 0 Å². The van der Waals surface area contributed by atoms with Crippen molar-refractivity contribution in [1.29, 1.82) is 0 Å². The van der Waals surface area contributed by atoms with Gasteiger partial charge in [0.05, 0.1) is 24.0 Å². The lowest BCUT2D eigenvalue weighted by Gasteiger charge is -2.18. The summed E-state index contributed by atoms with van der Waals surface area (Å²) in [6, 6.07) is 13.7. The normalized spacial score (nSPS) is 12.9. The Morgan fingerprint density at radius 3 is 3.08 bits per heavy atom. The number of rotatable bonds is 4. The summed E-state index contributed by atoms with van der Waals surface area (Å²) in [7, 11) is 1.84. The third kappa shape index (κ3) is 2.62. The summed E-state index contributed by atoms with van der Waals surface area (Å²) in [5.74, 6) is 0.938. The zero-order valence-electron chi connectivity index (χ0n) is 13.6. The van der Waals surface area contributed by atoms with Crippen LogP contribution < -0.4 is 4.74 Å². The highest BCUT2D eigenvalue weighted by Gasteiger charge is 2.17. The van der Waals surface area contributed by atoms with Gasteiger partial charge < -0.3 is 14.2 Å². The molecule has 0 radical (unpaired) electrons. The first kappa shape index (κ1) is 14.8. The molecule has 3 aromatic rings. The summed E-state index contributed by atoms with van der Waals surface area (Å²) in [5, 5.41) is 0. The molecular formula is C19H19N3O2. The first-order chi connectivity index (χ1) is 11.7. The number of para-hydroxylation sites is 2. The Labute approximate surface area is 140 Å². The molecule has 1 aliphatic rings. The largest absolute Gasteiger partial charge is 0.493 e. The molecular weight excluding hydrogens is 302 g/mol. The van der Waals surface area contributed by atoms with E-state index in [0.717, 1.165) is 40.9 Å². The number of amides is 1. The Kier molecular flexibility index (Phi) is 3.69. The van der Waals surface area contributed by atoms with E-state index in [1.807, 2.05) is 55.8 Å². The predicted molar refractivity (Wildman–Crippen MR) is 92.3 cm³/mol. The average molecular weight is 321 g/mol. The van der Waals surface area contributed by atoms with E-state index in [0.29, 0.717) is 13.2 Å². The fraction of sp³-hybridized carbons (Fsp3) is 0.263. The van der Waals surface area contributed by atoms with Gasteiger partial charge in [0.15, 0.2) is 0 Å². The molecule has 122 valence electrons. The zero-order chi connectivity index (χ0) is 16.5. The highest BCUT2D eigenvalue weighted by atomic mass is 16.5. The Balaban J connectivity index is 1.46. The van der Waals surface area contributed by atoms with Crippen molar-refractivity contribution in [2.75, 3.05) is 20.2 Å². The number of carbonyl (C=O) groups is 1. The van der Waals surface area contributed by atoms with Gasteiger partial charge in [-0.05, 0) is 35.9 Å². The van der Waals surface area contributed by atoms with Gasteiger partial charge in [-0.3, -0.25) is 4.79 Å². The smallest absolute Gasteiger partial charge is 0.253 e. The second-order valence-electron chi connectivity index (χ2n) is 6.07. The van der Waals surface area contributed by atoms with Crippen LogP contribution in [0.25, 0.3) is 11.0 Å². The van der Waals surface area contributed by atoms with Crippen LogP contribution in [0.4, 0.5) is 0 Å². The van der Waals surface area contributed by atoms with Crippen LogP contribution >= 0.6 is 0 Å². The topological polar surface area (TPSA) is 47.4 Å². The number of benzene rings is 2. The molecule has 24 heavy (non-hydrogen) atoms. The van der Waals surface area contributed by atoms with Crippen LogP contribution in [0.2, 0.25) is 0 Å². The van der Waals surface area contributed by atoms with Crippen molar-refractivity contribution in [3.63, 3.8) is 0 Å². The van der Waals surface area contributed by atoms with E-state index < -0.39 is 0 Å². The van der Waals surface area contributed by atoms with Crippen LogP contribution in [0.1, 0.15) is 15.9 Å². The number of hydrogen-bond acceptors (Lipinski definition) is 3. The molecule has 0 unspecified atom stereocenters. The lowest BCUT2D eigenvalue weighted by molar-refractivity contribution is 0.0790. The molecule has 0 spiro atoms. The van der Waals surface area contributed by atoms with Gasteiger partial charge in [0.1, 0.15) is 5.75 Å². The maximum absolute atomic E-state index is 12.6. The van der Waals surface area contributed by atoms with Gasteiger partial charge in [0, 0.05) is 32.1 Å². The first-order valence-electron chi connectivity index (χ1n) is 8.13.